The molecule has 18 heavy (non-hydrogen) atoms. The zero-order chi connectivity index (χ0) is 12.7. The molecule has 2 aliphatic carbocycles. The smallest absolute Gasteiger partial charge is 0.125 e. The fraction of sp³-hybridized carbons (Fsp3) is 0.625. The van der Waals surface area contributed by atoms with Crippen molar-refractivity contribution in [1.82, 2.24) is 0 Å². The normalized spacial score (nSPS) is 29.8. The van der Waals surface area contributed by atoms with Crippen LogP contribution in [0.2, 0.25) is 0 Å². The van der Waals surface area contributed by atoms with Gasteiger partial charge >= 0.3 is 0 Å². The minimum Gasteiger partial charge on any atom is -0.493 e. The summed E-state index contributed by atoms with van der Waals surface area (Å²) in [6.45, 7) is 5.06. The maximum absolute atomic E-state index is 6.10. The molecule has 2 bridgehead atoms. The molecule has 0 aliphatic heterocycles. The van der Waals surface area contributed by atoms with E-state index in [2.05, 4.69) is 13.8 Å². The van der Waals surface area contributed by atoms with Gasteiger partial charge < -0.3 is 10.5 Å². The van der Waals surface area contributed by atoms with Gasteiger partial charge in [0.15, 0.2) is 0 Å². The van der Waals surface area contributed by atoms with Crippen molar-refractivity contribution in [2.24, 2.45) is 17.8 Å². The predicted molar refractivity (Wildman–Crippen MR) is 74.8 cm³/mol. The van der Waals surface area contributed by atoms with E-state index in [-0.39, 0.29) is 0 Å². The van der Waals surface area contributed by atoms with Crippen molar-refractivity contribution < 1.29 is 4.74 Å². The largest absolute Gasteiger partial charge is 0.493 e. The first kappa shape index (κ1) is 11.9. The van der Waals surface area contributed by atoms with E-state index in [9.17, 15) is 0 Å². The van der Waals surface area contributed by atoms with Gasteiger partial charge in [-0.25, -0.2) is 0 Å². The Balaban J connectivity index is 1.67. The van der Waals surface area contributed by atoms with Gasteiger partial charge in [-0.1, -0.05) is 6.42 Å². The molecular weight excluding hydrogens is 222 g/mol. The van der Waals surface area contributed by atoms with Crippen molar-refractivity contribution in [3.8, 4) is 5.75 Å². The van der Waals surface area contributed by atoms with Crippen LogP contribution in [0.15, 0.2) is 12.1 Å². The van der Waals surface area contributed by atoms with E-state index in [0.29, 0.717) is 0 Å². The molecule has 0 aromatic heterocycles. The van der Waals surface area contributed by atoms with Crippen LogP contribution in [0.1, 0.15) is 36.8 Å². The lowest BCUT2D eigenvalue weighted by atomic mass is 9.89. The minimum absolute atomic E-state index is 0.792. The molecule has 2 N–H and O–H groups in total. The number of ether oxygens (including phenoxy) is 1. The van der Waals surface area contributed by atoms with E-state index >= 15 is 0 Å². The summed E-state index contributed by atoms with van der Waals surface area (Å²) >= 11 is 0. The summed E-state index contributed by atoms with van der Waals surface area (Å²) in [5.74, 6) is 3.77. The highest BCUT2D eigenvalue weighted by Crippen LogP contribution is 2.48. The zero-order valence-corrected chi connectivity index (χ0v) is 11.4. The molecule has 0 heterocycles. The highest BCUT2D eigenvalue weighted by Gasteiger charge is 2.39. The van der Waals surface area contributed by atoms with Crippen molar-refractivity contribution in [3.63, 3.8) is 0 Å². The molecule has 98 valence electrons. The molecule has 1 aromatic rings. The molecule has 2 fully saturated rings. The molecule has 0 spiro atoms. The average Bonchev–Trinajstić information content (AvgIpc) is 2.89. The molecular formula is C16H23NO. The summed E-state index contributed by atoms with van der Waals surface area (Å²) in [7, 11) is 0. The number of rotatable bonds is 3. The summed E-state index contributed by atoms with van der Waals surface area (Å²) in [6.07, 6.45) is 5.73. The van der Waals surface area contributed by atoms with Gasteiger partial charge in [-0.15, -0.1) is 0 Å². The molecule has 2 saturated carbocycles. The van der Waals surface area contributed by atoms with Crippen LogP contribution in [0.25, 0.3) is 0 Å². The van der Waals surface area contributed by atoms with E-state index in [0.717, 1.165) is 46.9 Å². The number of hydrogen-bond donors (Lipinski definition) is 1. The predicted octanol–water partition coefficient (Wildman–Crippen LogP) is 3.70. The van der Waals surface area contributed by atoms with Crippen LogP contribution in [-0.4, -0.2) is 6.61 Å². The quantitative estimate of drug-likeness (QED) is 0.824. The second kappa shape index (κ2) is 4.49. The van der Waals surface area contributed by atoms with Crippen LogP contribution in [0.4, 0.5) is 5.69 Å². The summed E-state index contributed by atoms with van der Waals surface area (Å²) in [6, 6.07) is 4.01. The van der Waals surface area contributed by atoms with Gasteiger partial charge in [0, 0.05) is 5.69 Å². The van der Waals surface area contributed by atoms with Gasteiger partial charge in [0.2, 0.25) is 0 Å². The number of anilines is 1. The molecule has 2 nitrogen and oxygen atoms in total. The Morgan fingerprint density at radius 2 is 1.89 bits per heavy atom. The number of nitrogens with two attached hydrogens (primary N) is 1. The Hall–Kier alpha value is -1.18. The van der Waals surface area contributed by atoms with Gasteiger partial charge in [0.1, 0.15) is 5.75 Å². The van der Waals surface area contributed by atoms with E-state index in [4.69, 9.17) is 10.5 Å². The Bertz CT molecular complexity index is 431. The number of fused-ring (bicyclic) bond motifs is 2. The van der Waals surface area contributed by atoms with Crippen LogP contribution < -0.4 is 10.5 Å². The number of nitrogen functional groups attached to an aromatic ring is 1. The third-order valence-corrected chi connectivity index (χ3v) is 4.81. The molecule has 3 atom stereocenters. The second-order valence-corrected chi connectivity index (χ2v) is 6.23. The SMILES string of the molecule is Cc1cc(N)cc(C)c1OCC1CC2CCC1C2. The van der Waals surface area contributed by atoms with Crippen LogP contribution >= 0.6 is 0 Å². The van der Waals surface area contributed by atoms with E-state index < -0.39 is 0 Å². The minimum atomic E-state index is 0.792. The molecule has 2 aliphatic rings. The first-order valence-corrected chi connectivity index (χ1v) is 7.13. The van der Waals surface area contributed by atoms with Crippen molar-refractivity contribution in [2.45, 2.75) is 39.5 Å². The van der Waals surface area contributed by atoms with Crippen molar-refractivity contribution >= 4 is 5.69 Å². The Morgan fingerprint density at radius 3 is 2.44 bits per heavy atom. The summed E-state index contributed by atoms with van der Waals surface area (Å²) in [4.78, 5) is 0. The van der Waals surface area contributed by atoms with Crippen molar-refractivity contribution in [2.75, 3.05) is 12.3 Å². The molecule has 1 aromatic carbocycles. The van der Waals surface area contributed by atoms with Crippen LogP contribution in [-0.2, 0) is 0 Å². The zero-order valence-electron chi connectivity index (χ0n) is 11.4. The van der Waals surface area contributed by atoms with Crippen LogP contribution in [0, 0.1) is 31.6 Å². The fourth-order valence-electron chi connectivity index (χ4n) is 3.98. The number of benzene rings is 1. The van der Waals surface area contributed by atoms with Gasteiger partial charge in [-0.05, 0) is 74.1 Å². The summed E-state index contributed by atoms with van der Waals surface area (Å²) in [5, 5.41) is 0. The lowest BCUT2D eigenvalue weighted by Crippen LogP contribution is -2.19. The van der Waals surface area contributed by atoms with Gasteiger partial charge in [0.05, 0.1) is 6.61 Å². The highest BCUT2D eigenvalue weighted by atomic mass is 16.5. The molecule has 0 saturated heterocycles. The lowest BCUT2D eigenvalue weighted by molar-refractivity contribution is 0.193. The average molecular weight is 245 g/mol. The molecule has 3 rings (SSSR count). The second-order valence-electron chi connectivity index (χ2n) is 6.23. The van der Waals surface area contributed by atoms with E-state index in [1.807, 2.05) is 12.1 Å². The van der Waals surface area contributed by atoms with Crippen LogP contribution in [0.5, 0.6) is 5.75 Å². The third kappa shape index (κ3) is 2.09. The number of hydrogen-bond acceptors (Lipinski definition) is 2. The van der Waals surface area contributed by atoms with Crippen molar-refractivity contribution in [1.29, 1.82) is 0 Å². The lowest BCUT2D eigenvalue weighted by Gasteiger charge is -2.23. The van der Waals surface area contributed by atoms with Crippen LogP contribution in [0.3, 0.4) is 0 Å². The summed E-state index contributed by atoms with van der Waals surface area (Å²) < 4.78 is 6.10. The molecule has 2 heteroatoms. The molecule has 3 unspecified atom stereocenters. The third-order valence-electron chi connectivity index (χ3n) is 4.81. The first-order valence-electron chi connectivity index (χ1n) is 7.13. The Kier molecular flexibility index (Phi) is 2.96. The van der Waals surface area contributed by atoms with E-state index in [1.54, 1.807) is 0 Å². The first-order chi connectivity index (χ1) is 8.63. The van der Waals surface area contributed by atoms with Gasteiger partial charge in [-0.2, -0.15) is 0 Å². The number of aryl methyl sites for hydroxylation is 2. The Labute approximate surface area is 110 Å². The fourth-order valence-corrected chi connectivity index (χ4v) is 3.98. The maximum Gasteiger partial charge on any atom is 0.125 e. The van der Waals surface area contributed by atoms with E-state index in [1.165, 1.54) is 25.7 Å². The standard InChI is InChI=1S/C16H23NO/c1-10-5-15(17)6-11(2)16(10)18-9-14-8-12-3-4-13(14)7-12/h5-6,12-14H,3-4,7-9,17H2,1-2H3. The van der Waals surface area contributed by atoms with Gasteiger partial charge in [-0.3, -0.25) is 0 Å². The van der Waals surface area contributed by atoms with Crippen molar-refractivity contribution in [3.05, 3.63) is 23.3 Å². The molecule has 0 radical (unpaired) electrons. The highest BCUT2D eigenvalue weighted by molar-refractivity contribution is 5.52. The van der Waals surface area contributed by atoms with Gasteiger partial charge in [0.25, 0.3) is 0 Å². The topological polar surface area (TPSA) is 35.2 Å². The monoisotopic (exact) mass is 245 g/mol. The maximum atomic E-state index is 6.10. The molecule has 0 amide bonds. The Morgan fingerprint density at radius 1 is 1.17 bits per heavy atom. The summed E-state index contributed by atoms with van der Waals surface area (Å²) in [5.41, 5.74) is 9.00.